The zero-order valence-electron chi connectivity index (χ0n) is 14.4. The highest BCUT2D eigenvalue weighted by Crippen LogP contribution is 2.59. The first-order valence-electron chi connectivity index (χ1n) is 8.88. The van der Waals surface area contributed by atoms with Crippen molar-refractivity contribution >= 4 is 11.9 Å². The standard InChI is InChI=1S/C19H22F3NO3/c20-19(21,22)14-5-1-3-13(11-14)4-2-6-16(24)23-9-7-18(8-10-23)12-15(18)17(25)26/h1,3,5,11,15H,2,4,6-10,12H2,(H,25,26). The van der Waals surface area contributed by atoms with E-state index < -0.39 is 17.7 Å². The number of piperidine rings is 1. The second-order valence-electron chi connectivity index (χ2n) is 7.39. The number of carboxylic acids is 1. The number of aliphatic carboxylic acids is 1. The van der Waals surface area contributed by atoms with Crippen LogP contribution in [0.25, 0.3) is 0 Å². The third-order valence-corrected chi connectivity index (χ3v) is 5.71. The van der Waals surface area contributed by atoms with Crippen LogP contribution in [0, 0.1) is 11.3 Å². The minimum atomic E-state index is -4.35. The molecule has 1 heterocycles. The molecule has 1 saturated heterocycles. The Labute approximate surface area is 150 Å². The number of benzene rings is 1. The van der Waals surface area contributed by atoms with Crippen molar-refractivity contribution in [3.63, 3.8) is 0 Å². The molecule has 1 atom stereocenters. The number of rotatable bonds is 5. The summed E-state index contributed by atoms with van der Waals surface area (Å²) in [6.07, 6.45) is -0.974. The summed E-state index contributed by atoms with van der Waals surface area (Å²) in [6.45, 7) is 1.15. The molecule has 1 aliphatic carbocycles. The van der Waals surface area contributed by atoms with Gasteiger partial charge >= 0.3 is 12.1 Å². The van der Waals surface area contributed by atoms with Crippen LogP contribution < -0.4 is 0 Å². The van der Waals surface area contributed by atoms with E-state index >= 15 is 0 Å². The maximum atomic E-state index is 12.7. The maximum absolute atomic E-state index is 12.7. The van der Waals surface area contributed by atoms with E-state index in [1.807, 2.05) is 0 Å². The van der Waals surface area contributed by atoms with E-state index in [0.29, 0.717) is 44.3 Å². The number of hydrogen-bond acceptors (Lipinski definition) is 2. The summed E-state index contributed by atoms with van der Waals surface area (Å²) in [5.41, 5.74) is -0.201. The second-order valence-corrected chi connectivity index (χ2v) is 7.39. The average molecular weight is 369 g/mol. The fourth-order valence-electron chi connectivity index (χ4n) is 3.96. The average Bonchev–Trinajstić information content (AvgIpc) is 3.29. The molecule has 1 unspecified atom stereocenters. The molecule has 2 aliphatic rings. The number of halogens is 3. The Hall–Kier alpha value is -2.05. The fraction of sp³-hybridized carbons (Fsp3) is 0.579. The Morgan fingerprint density at radius 1 is 1.23 bits per heavy atom. The first-order chi connectivity index (χ1) is 12.2. The van der Waals surface area contributed by atoms with E-state index in [1.165, 1.54) is 6.07 Å². The molecule has 1 aromatic rings. The monoisotopic (exact) mass is 369 g/mol. The Morgan fingerprint density at radius 3 is 2.50 bits per heavy atom. The maximum Gasteiger partial charge on any atom is 0.416 e. The van der Waals surface area contributed by atoms with Gasteiger partial charge < -0.3 is 10.0 Å². The van der Waals surface area contributed by atoms with Crippen LogP contribution in [0.4, 0.5) is 13.2 Å². The van der Waals surface area contributed by atoms with Gasteiger partial charge in [0.2, 0.25) is 5.91 Å². The van der Waals surface area contributed by atoms with E-state index in [2.05, 4.69) is 0 Å². The largest absolute Gasteiger partial charge is 0.481 e. The van der Waals surface area contributed by atoms with Crippen molar-refractivity contribution in [3.05, 3.63) is 35.4 Å². The van der Waals surface area contributed by atoms with Gasteiger partial charge in [0.1, 0.15) is 0 Å². The third-order valence-electron chi connectivity index (χ3n) is 5.71. The van der Waals surface area contributed by atoms with Crippen molar-refractivity contribution in [2.45, 2.75) is 44.7 Å². The van der Waals surface area contributed by atoms with Crippen LogP contribution >= 0.6 is 0 Å². The molecule has 0 bridgehead atoms. The molecule has 2 fully saturated rings. The molecule has 0 aromatic heterocycles. The molecule has 1 spiro atoms. The second kappa shape index (κ2) is 6.93. The number of nitrogens with zero attached hydrogens (tertiary/aromatic N) is 1. The summed E-state index contributed by atoms with van der Waals surface area (Å²) in [4.78, 5) is 25.1. The van der Waals surface area contributed by atoms with Crippen LogP contribution in [0.1, 0.15) is 43.2 Å². The molecule has 7 heteroatoms. The summed E-state index contributed by atoms with van der Waals surface area (Å²) in [6, 6.07) is 5.21. The number of likely N-dealkylation sites (tertiary alicyclic amines) is 1. The molecular formula is C19H22F3NO3. The Bertz CT molecular complexity index is 694. The number of carboxylic acid groups (broad SMARTS) is 1. The summed E-state index contributed by atoms with van der Waals surface area (Å²) < 4.78 is 38.1. The fourth-order valence-corrected chi connectivity index (χ4v) is 3.96. The molecule has 1 N–H and O–H groups in total. The van der Waals surface area contributed by atoms with E-state index in [1.54, 1.807) is 11.0 Å². The lowest BCUT2D eigenvalue weighted by molar-refractivity contribution is -0.140. The van der Waals surface area contributed by atoms with Gasteiger partial charge in [-0.15, -0.1) is 0 Å². The summed E-state index contributed by atoms with van der Waals surface area (Å²) in [5.74, 6) is -1.01. The van der Waals surface area contributed by atoms with Gasteiger partial charge in [-0.05, 0) is 49.1 Å². The van der Waals surface area contributed by atoms with E-state index in [0.717, 1.165) is 25.0 Å². The molecule has 0 radical (unpaired) electrons. The molecule has 1 aliphatic heterocycles. The van der Waals surface area contributed by atoms with Crippen LogP contribution in [0.15, 0.2) is 24.3 Å². The Kier molecular flexibility index (Phi) is 4.99. The Balaban J connectivity index is 1.44. The van der Waals surface area contributed by atoms with Gasteiger partial charge in [0, 0.05) is 19.5 Å². The van der Waals surface area contributed by atoms with E-state index in [-0.39, 0.29) is 17.2 Å². The van der Waals surface area contributed by atoms with Gasteiger partial charge in [0.15, 0.2) is 0 Å². The number of carbonyl (C=O) groups excluding carboxylic acids is 1. The molecule has 1 aromatic carbocycles. The number of carbonyl (C=O) groups is 2. The topological polar surface area (TPSA) is 57.6 Å². The predicted molar refractivity (Wildman–Crippen MR) is 88.4 cm³/mol. The molecule has 4 nitrogen and oxygen atoms in total. The van der Waals surface area contributed by atoms with Gasteiger partial charge in [0.25, 0.3) is 0 Å². The SMILES string of the molecule is O=C(O)C1CC12CCN(C(=O)CCCc1cccc(C(F)(F)F)c1)CC2. The van der Waals surface area contributed by atoms with Crippen molar-refractivity contribution in [2.75, 3.05) is 13.1 Å². The lowest BCUT2D eigenvalue weighted by Crippen LogP contribution is -2.39. The zero-order chi connectivity index (χ0) is 18.9. The van der Waals surface area contributed by atoms with Crippen LogP contribution in [-0.2, 0) is 22.2 Å². The molecule has 26 heavy (non-hydrogen) atoms. The third kappa shape index (κ3) is 4.02. The van der Waals surface area contributed by atoms with Crippen molar-refractivity contribution in [2.24, 2.45) is 11.3 Å². The van der Waals surface area contributed by atoms with Crippen molar-refractivity contribution in [3.8, 4) is 0 Å². The molecule has 1 saturated carbocycles. The quantitative estimate of drug-likeness (QED) is 0.860. The highest BCUT2D eigenvalue weighted by atomic mass is 19.4. The Morgan fingerprint density at radius 2 is 1.92 bits per heavy atom. The van der Waals surface area contributed by atoms with Crippen LogP contribution in [0.2, 0.25) is 0 Å². The molecular weight excluding hydrogens is 347 g/mol. The van der Waals surface area contributed by atoms with E-state index in [4.69, 9.17) is 5.11 Å². The lowest BCUT2D eigenvalue weighted by atomic mass is 9.90. The van der Waals surface area contributed by atoms with Crippen molar-refractivity contribution < 1.29 is 27.9 Å². The highest BCUT2D eigenvalue weighted by Gasteiger charge is 2.59. The summed E-state index contributed by atoms with van der Waals surface area (Å²) in [7, 11) is 0. The predicted octanol–water partition coefficient (Wildman–Crippen LogP) is 3.74. The first kappa shape index (κ1) is 18.7. The smallest absolute Gasteiger partial charge is 0.416 e. The van der Waals surface area contributed by atoms with Gasteiger partial charge in [-0.25, -0.2) is 0 Å². The van der Waals surface area contributed by atoms with Crippen molar-refractivity contribution in [1.82, 2.24) is 4.90 Å². The van der Waals surface area contributed by atoms with Gasteiger partial charge in [-0.3, -0.25) is 9.59 Å². The minimum absolute atomic E-state index is 0.000601. The number of aryl methyl sites for hydroxylation is 1. The van der Waals surface area contributed by atoms with Crippen LogP contribution in [0.5, 0.6) is 0 Å². The summed E-state index contributed by atoms with van der Waals surface area (Å²) in [5, 5.41) is 9.09. The zero-order valence-corrected chi connectivity index (χ0v) is 14.4. The minimum Gasteiger partial charge on any atom is -0.481 e. The molecule has 1 amide bonds. The molecule has 142 valence electrons. The van der Waals surface area contributed by atoms with Gasteiger partial charge in [-0.1, -0.05) is 18.2 Å². The normalized spacial score (nSPS) is 21.7. The number of hydrogen-bond donors (Lipinski definition) is 1. The van der Waals surface area contributed by atoms with Crippen LogP contribution in [0.3, 0.4) is 0 Å². The van der Waals surface area contributed by atoms with Crippen molar-refractivity contribution in [1.29, 1.82) is 0 Å². The van der Waals surface area contributed by atoms with Gasteiger partial charge in [0.05, 0.1) is 11.5 Å². The number of alkyl halides is 3. The van der Waals surface area contributed by atoms with E-state index in [9.17, 15) is 22.8 Å². The first-order valence-corrected chi connectivity index (χ1v) is 8.88. The van der Waals surface area contributed by atoms with Crippen LogP contribution in [-0.4, -0.2) is 35.0 Å². The molecule has 3 rings (SSSR count). The number of amides is 1. The highest BCUT2D eigenvalue weighted by molar-refractivity contribution is 5.77. The lowest BCUT2D eigenvalue weighted by Gasteiger charge is -2.32. The summed E-state index contributed by atoms with van der Waals surface area (Å²) >= 11 is 0. The van der Waals surface area contributed by atoms with Gasteiger partial charge in [-0.2, -0.15) is 13.2 Å².